The van der Waals surface area contributed by atoms with E-state index < -0.39 is 0 Å². The van der Waals surface area contributed by atoms with Crippen LogP contribution in [-0.4, -0.2) is 0 Å². The lowest BCUT2D eigenvalue weighted by molar-refractivity contribution is 0.414. The first-order valence-corrected chi connectivity index (χ1v) is 8.37. The first kappa shape index (κ1) is 15.0. The third-order valence-electron chi connectivity index (χ3n) is 4.30. The van der Waals surface area contributed by atoms with Gasteiger partial charge in [0.1, 0.15) is 0 Å². The summed E-state index contributed by atoms with van der Waals surface area (Å²) in [7, 11) is 0. The van der Waals surface area contributed by atoms with Crippen LogP contribution in [0.4, 0.5) is 0 Å². The van der Waals surface area contributed by atoms with E-state index in [4.69, 9.17) is 17.4 Å². The van der Waals surface area contributed by atoms with Gasteiger partial charge in [-0.25, -0.2) is 5.43 Å². The highest BCUT2D eigenvalue weighted by Gasteiger charge is 2.25. The summed E-state index contributed by atoms with van der Waals surface area (Å²) in [5.74, 6) is 6.52. The lowest BCUT2D eigenvalue weighted by Gasteiger charge is -2.30. The fourth-order valence-electron chi connectivity index (χ4n) is 2.92. The minimum atomic E-state index is -0.0348. The lowest BCUT2D eigenvalue weighted by Crippen LogP contribution is -2.30. The molecule has 3 rings (SSSR count). The topological polar surface area (TPSA) is 38.0 Å². The van der Waals surface area contributed by atoms with Gasteiger partial charge < -0.3 is 0 Å². The molecule has 0 radical (unpaired) electrons. The highest BCUT2D eigenvalue weighted by Crippen LogP contribution is 2.40. The minimum Gasteiger partial charge on any atom is -0.271 e. The standard InChI is InChI=1S/C17H18BrClN2/c18-15-9-8-12(10-16(15)19)17(21-20)14-7-2-1-6-13(14)11-4-3-5-11/h1-2,6-11,17,21H,3-5,20H2. The van der Waals surface area contributed by atoms with Crippen LogP contribution in [-0.2, 0) is 0 Å². The van der Waals surface area contributed by atoms with Gasteiger partial charge in [-0.1, -0.05) is 48.4 Å². The highest BCUT2D eigenvalue weighted by atomic mass is 79.9. The zero-order valence-corrected chi connectivity index (χ0v) is 14.0. The molecule has 0 amide bonds. The average Bonchev–Trinajstić information content (AvgIpc) is 2.43. The summed E-state index contributed by atoms with van der Waals surface area (Å²) in [6.07, 6.45) is 3.87. The Morgan fingerprint density at radius 2 is 1.95 bits per heavy atom. The van der Waals surface area contributed by atoms with Crippen LogP contribution in [0.25, 0.3) is 0 Å². The summed E-state index contributed by atoms with van der Waals surface area (Å²) in [5, 5.41) is 0.703. The quantitative estimate of drug-likeness (QED) is 0.596. The molecule has 21 heavy (non-hydrogen) atoms. The maximum Gasteiger partial charge on any atom is 0.0713 e. The summed E-state index contributed by atoms with van der Waals surface area (Å²) in [5.41, 5.74) is 6.69. The van der Waals surface area contributed by atoms with Gasteiger partial charge in [0.15, 0.2) is 0 Å². The molecule has 1 unspecified atom stereocenters. The van der Waals surface area contributed by atoms with Crippen molar-refractivity contribution in [1.29, 1.82) is 0 Å². The second-order valence-corrected chi connectivity index (χ2v) is 6.79. The van der Waals surface area contributed by atoms with Crippen molar-refractivity contribution in [2.24, 2.45) is 5.84 Å². The minimum absolute atomic E-state index is 0.0348. The van der Waals surface area contributed by atoms with Crippen molar-refractivity contribution in [2.75, 3.05) is 0 Å². The fourth-order valence-corrected chi connectivity index (χ4v) is 3.36. The molecule has 1 fully saturated rings. The summed E-state index contributed by atoms with van der Waals surface area (Å²) in [6, 6.07) is 14.5. The van der Waals surface area contributed by atoms with Gasteiger partial charge in [-0.3, -0.25) is 5.84 Å². The third-order valence-corrected chi connectivity index (χ3v) is 5.53. The molecule has 1 saturated carbocycles. The van der Waals surface area contributed by atoms with Crippen LogP contribution in [0.5, 0.6) is 0 Å². The summed E-state index contributed by atoms with van der Waals surface area (Å²) < 4.78 is 0.899. The van der Waals surface area contributed by atoms with Crippen molar-refractivity contribution in [3.05, 3.63) is 68.7 Å². The number of hydrazine groups is 1. The Bertz CT molecular complexity index is 640. The van der Waals surface area contributed by atoms with Crippen LogP contribution in [0.2, 0.25) is 5.02 Å². The largest absolute Gasteiger partial charge is 0.271 e. The van der Waals surface area contributed by atoms with E-state index in [0.29, 0.717) is 10.9 Å². The Kier molecular flexibility index (Phi) is 4.65. The molecule has 0 spiro atoms. The third kappa shape index (κ3) is 3.02. The van der Waals surface area contributed by atoms with Crippen molar-refractivity contribution >= 4 is 27.5 Å². The Labute approximate surface area is 138 Å². The normalized spacial score (nSPS) is 16.5. The Hall–Kier alpha value is -0.870. The zero-order chi connectivity index (χ0) is 14.8. The maximum atomic E-state index is 6.23. The Morgan fingerprint density at radius 3 is 2.57 bits per heavy atom. The van der Waals surface area contributed by atoms with E-state index in [-0.39, 0.29) is 6.04 Å². The molecule has 2 aromatic rings. The van der Waals surface area contributed by atoms with Crippen molar-refractivity contribution in [3.63, 3.8) is 0 Å². The van der Waals surface area contributed by atoms with Crippen LogP contribution >= 0.6 is 27.5 Å². The molecule has 0 aliphatic heterocycles. The fraction of sp³-hybridized carbons (Fsp3) is 0.294. The Morgan fingerprint density at radius 1 is 1.19 bits per heavy atom. The van der Waals surface area contributed by atoms with Crippen molar-refractivity contribution < 1.29 is 0 Å². The molecule has 0 bridgehead atoms. The van der Waals surface area contributed by atoms with Crippen molar-refractivity contribution in [2.45, 2.75) is 31.2 Å². The second kappa shape index (κ2) is 6.49. The van der Waals surface area contributed by atoms with Crippen LogP contribution in [0.15, 0.2) is 46.9 Å². The van der Waals surface area contributed by atoms with Gasteiger partial charge >= 0.3 is 0 Å². The second-order valence-electron chi connectivity index (χ2n) is 5.53. The molecule has 1 atom stereocenters. The first-order chi connectivity index (χ1) is 10.2. The molecule has 1 aliphatic carbocycles. The molecule has 2 nitrogen and oxygen atoms in total. The molecular weight excluding hydrogens is 348 g/mol. The van der Waals surface area contributed by atoms with Gasteiger partial charge in [-0.15, -0.1) is 0 Å². The monoisotopic (exact) mass is 364 g/mol. The maximum absolute atomic E-state index is 6.23. The molecule has 2 aromatic carbocycles. The van der Waals surface area contributed by atoms with Gasteiger partial charge in [-0.2, -0.15) is 0 Å². The molecule has 3 N–H and O–H groups in total. The van der Waals surface area contributed by atoms with Gasteiger partial charge in [0, 0.05) is 4.47 Å². The van der Waals surface area contributed by atoms with E-state index in [9.17, 15) is 0 Å². The van der Waals surface area contributed by atoms with Crippen LogP contribution in [0.3, 0.4) is 0 Å². The first-order valence-electron chi connectivity index (χ1n) is 7.20. The number of nitrogens with one attached hydrogen (secondary N) is 1. The number of benzene rings is 2. The van der Waals surface area contributed by atoms with E-state index in [1.165, 1.54) is 30.4 Å². The van der Waals surface area contributed by atoms with Crippen LogP contribution in [0.1, 0.15) is 47.9 Å². The van der Waals surface area contributed by atoms with E-state index in [1.54, 1.807) is 0 Å². The highest BCUT2D eigenvalue weighted by molar-refractivity contribution is 9.10. The molecule has 110 valence electrons. The number of hydrogen-bond acceptors (Lipinski definition) is 2. The molecule has 0 aromatic heterocycles. The molecular formula is C17H18BrClN2. The number of rotatable bonds is 4. The molecule has 0 saturated heterocycles. The van der Waals surface area contributed by atoms with Crippen LogP contribution < -0.4 is 11.3 Å². The predicted molar refractivity (Wildman–Crippen MR) is 91.4 cm³/mol. The summed E-state index contributed by atoms with van der Waals surface area (Å²) >= 11 is 9.66. The SMILES string of the molecule is NNC(c1ccc(Br)c(Cl)c1)c1ccccc1C1CCC1. The van der Waals surface area contributed by atoms with E-state index >= 15 is 0 Å². The summed E-state index contributed by atoms with van der Waals surface area (Å²) in [4.78, 5) is 0. The number of nitrogens with two attached hydrogens (primary N) is 1. The molecule has 4 heteroatoms. The smallest absolute Gasteiger partial charge is 0.0713 e. The van der Waals surface area contributed by atoms with Gasteiger partial charge in [-0.05, 0) is 63.5 Å². The number of hydrogen-bond donors (Lipinski definition) is 2. The zero-order valence-electron chi connectivity index (χ0n) is 11.7. The van der Waals surface area contributed by atoms with E-state index in [0.717, 1.165) is 10.0 Å². The molecule has 1 aliphatic rings. The van der Waals surface area contributed by atoms with E-state index in [1.807, 2.05) is 12.1 Å². The average molecular weight is 366 g/mol. The van der Waals surface area contributed by atoms with Gasteiger partial charge in [0.2, 0.25) is 0 Å². The lowest BCUT2D eigenvalue weighted by atomic mass is 9.76. The number of halogens is 2. The van der Waals surface area contributed by atoms with Gasteiger partial charge in [0.25, 0.3) is 0 Å². The van der Waals surface area contributed by atoms with Crippen molar-refractivity contribution in [1.82, 2.24) is 5.43 Å². The molecule has 0 heterocycles. The Balaban J connectivity index is 2.01. The predicted octanol–water partition coefficient (Wildman–Crippen LogP) is 4.92. The van der Waals surface area contributed by atoms with Crippen LogP contribution in [0, 0.1) is 0 Å². The van der Waals surface area contributed by atoms with Crippen molar-refractivity contribution in [3.8, 4) is 0 Å². The van der Waals surface area contributed by atoms with E-state index in [2.05, 4.69) is 51.7 Å². The van der Waals surface area contributed by atoms with Gasteiger partial charge in [0.05, 0.1) is 11.1 Å². The summed E-state index contributed by atoms with van der Waals surface area (Å²) in [6.45, 7) is 0.